The van der Waals surface area contributed by atoms with Gasteiger partial charge in [-0.05, 0) is 24.3 Å². The van der Waals surface area contributed by atoms with Crippen molar-refractivity contribution >= 4 is 22.2 Å². The SMILES string of the molecule is N#Cc1ccsc1NC(=O)C1(CN)CC1. The number of nitrogens with two attached hydrogens (primary N) is 1. The Balaban J connectivity index is 2.10. The topological polar surface area (TPSA) is 78.9 Å². The number of hydrogen-bond acceptors (Lipinski definition) is 4. The van der Waals surface area contributed by atoms with Gasteiger partial charge in [0.1, 0.15) is 11.1 Å². The van der Waals surface area contributed by atoms with E-state index in [1.807, 2.05) is 6.07 Å². The van der Waals surface area contributed by atoms with Crippen molar-refractivity contribution in [1.82, 2.24) is 0 Å². The van der Waals surface area contributed by atoms with Crippen molar-refractivity contribution in [2.75, 3.05) is 11.9 Å². The Bertz CT molecular complexity index is 428. The fraction of sp³-hybridized carbons (Fsp3) is 0.400. The maximum Gasteiger partial charge on any atom is 0.232 e. The molecule has 1 fully saturated rings. The van der Waals surface area contributed by atoms with Crippen molar-refractivity contribution < 1.29 is 4.79 Å². The van der Waals surface area contributed by atoms with E-state index < -0.39 is 0 Å². The molecule has 0 bridgehead atoms. The van der Waals surface area contributed by atoms with E-state index in [1.165, 1.54) is 11.3 Å². The van der Waals surface area contributed by atoms with Crippen LogP contribution >= 0.6 is 11.3 Å². The molecule has 1 aliphatic rings. The van der Waals surface area contributed by atoms with Gasteiger partial charge >= 0.3 is 0 Å². The van der Waals surface area contributed by atoms with Gasteiger partial charge in [0.25, 0.3) is 0 Å². The van der Waals surface area contributed by atoms with Crippen molar-refractivity contribution in [2.24, 2.45) is 11.1 Å². The molecular weight excluding hydrogens is 210 g/mol. The summed E-state index contributed by atoms with van der Waals surface area (Å²) in [6.45, 7) is 0.381. The summed E-state index contributed by atoms with van der Waals surface area (Å²) >= 11 is 1.36. The van der Waals surface area contributed by atoms with Gasteiger partial charge in [0.2, 0.25) is 5.91 Å². The van der Waals surface area contributed by atoms with Crippen molar-refractivity contribution in [3.05, 3.63) is 17.0 Å². The van der Waals surface area contributed by atoms with Crippen LogP contribution in [0.1, 0.15) is 18.4 Å². The Labute approximate surface area is 91.7 Å². The van der Waals surface area contributed by atoms with E-state index in [4.69, 9.17) is 11.0 Å². The summed E-state index contributed by atoms with van der Waals surface area (Å²) < 4.78 is 0. The van der Waals surface area contributed by atoms with E-state index in [-0.39, 0.29) is 11.3 Å². The predicted octanol–water partition coefficient (Wildman–Crippen LogP) is 1.30. The Morgan fingerprint density at radius 3 is 3.00 bits per heavy atom. The number of rotatable bonds is 3. The molecular formula is C10H11N3OS. The second kappa shape index (κ2) is 3.65. The molecule has 3 N–H and O–H groups in total. The average Bonchev–Trinajstić information content (AvgIpc) is 2.94. The van der Waals surface area contributed by atoms with Gasteiger partial charge in [0.05, 0.1) is 11.0 Å². The molecule has 78 valence electrons. The fourth-order valence-corrected chi connectivity index (χ4v) is 2.14. The van der Waals surface area contributed by atoms with Crippen LogP contribution in [-0.4, -0.2) is 12.5 Å². The summed E-state index contributed by atoms with van der Waals surface area (Å²) in [6.07, 6.45) is 1.70. The zero-order chi connectivity index (χ0) is 10.9. The summed E-state index contributed by atoms with van der Waals surface area (Å²) in [4.78, 5) is 11.8. The van der Waals surface area contributed by atoms with Gasteiger partial charge < -0.3 is 11.1 Å². The van der Waals surface area contributed by atoms with E-state index in [2.05, 4.69) is 5.32 Å². The van der Waals surface area contributed by atoms with E-state index >= 15 is 0 Å². The van der Waals surface area contributed by atoms with Crippen LogP contribution in [0.2, 0.25) is 0 Å². The lowest BCUT2D eigenvalue weighted by molar-refractivity contribution is -0.120. The first kappa shape index (κ1) is 10.1. The quantitative estimate of drug-likeness (QED) is 0.807. The molecule has 1 amide bonds. The number of amides is 1. The first-order valence-corrected chi connectivity index (χ1v) is 5.59. The van der Waals surface area contributed by atoms with Crippen LogP contribution < -0.4 is 11.1 Å². The maximum atomic E-state index is 11.8. The zero-order valence-electron chi connectivity index (χ0n) is 8.12. The Morgan fingerprint density at radius 2 is 2.47 bits per heavy atom. The summed E-state index contributed by atoms with van der Waals surface area (Å²) in [6, 6.07) is 3.73. The molecule has 0 atom stereocenters. The fourth-order valence-electron chi connectivity index (χ4n) is 1.40. The number of carbonyl (C=O) groups is 1. The third-order valence-electron chi connectivity index (χ3n) is 2.74. The monoisotopic (exact) mass is 221 g/mol. The summed E-state index contributed by atoms with van der Waals surface area (Å²) in [5.41, 5.74) is 5.70. The lowest BCUT2D eigenvalue weighted by Crippen LogP contribution is -2.30. The second-order valence-corrected chi connectivity index (χ2v) is 4.63. The maximum absolute atomic E-state index is 11.8. The summed E-state index contributed by atoms with van der Waals surface area (Å²) in [5.74, 6) is -0.0519. The standard InChI is InChI=1S/C10H11N3OS/c11-5-7-1-4-15-8(7)13-9(14)10(6-12)2-3-10/h1,4H,2-3,6,12H2,(H,13,14). The molecule has 0 saturated heterocycles. The zero-order valence-corrected chi connectivity index (χ0v) is 8.93. The van der Waals surface area contributed by atoms with Gasteiger partial charge in [0.15, 0.2) is 0 Å². The summed E-state index contributed by atoms with van der Waals surface area (Å²) in [5, 5.41) is 14.0. The Hall–Kier alpha value is -1.38. The van der Waals surface area contributed by atoms with Gasteiger partial charge in [-0.3, -0.25) is 4.79 Å². The smallest absolute Gasteiger partial charge is 0.232 e. The number of thiophene rings is 1. The number of nitrogens with one attached hydrogen (secondary N) is 1. The van der Waals surface area contributed by atoms with Crippen molar-refractivity contribution in [3.8, 4) is 6.07 Å². The van der Waals surface area contributed by atoms with Crippen molar-refractivity contribution in [1.29, 1.82) is 5.26 Å². The molecule has 1 aromatic rings. The molecule has 4 nitrogen and oxygen atoms in total. The lowest BCUT2D eigenvalue weighted by atomic mass is 10.1. The molecule has 0 radical (unpaired) electrons. The number of hydrogen-bond donors (Lipinski definition) is 2. The molecule has 1 aromatic heterocycles. The third-order valence-corrected chi connectivity index (χ3v) is 3.57. The van der Waals surface area contributed by atoms with Gasteiger partial charge in [-0.25, -0.2) is 0 Å². The highest BCUT2D eigenvalue weighted by molar-refractivity contribution is 7.14. The van der Waals surface area contributed by atoms with E-state index in [9.17, 15) is 4.79 Å². The van der Waals surface area contributed by atoms with Crippen LogP contribution in [0.15, 0.2) is 11.4 Å². The van der Waals surface area contributed by atoms with Gasteiger partial charge in [-0.2, -0.15) is 5.26 Å². The molecule has 1 saturated carbocycles. The minimum absolute atomic E-state index is 0.0519. The molecule has 0 aromatic carbocycles. The number of nitriles is 1. The van der Waals surface area contributed by atoms with Crippen LogP contribution in [0, 0.1) is 16.7 Å². The Kier molecular flexibility index (Phi) is 2.47. The minimum Gasteiger partial charge on any atom is -0.329 e. The highest BCUT2D eigenvalue weighted by Crippen LogP contribution is 2.45. The van der Waals surface area contributed by atoms with Gasteiger partial charge in [0, 0.05) is 6.54 Å². The lowest BCUT2D eigenvalue weighted by Gasteiger charge is -2.11. The van der Waals surface area contributed by atoms with Crippen LogP contribution in [0.25, 0.3) is 0 Å². The number of nitrogens with zero attached hydrogens (tertiary/aromatic N) is 1. The highest BCUT2D eigenvalue weighted by Gasteiger charge is 2.48. The average molecular weight is 221 g/mol. The number of anilines is 1. The van der Waals surface area contributed by atoms with Crippen LogP contribution in [-0.2, 0) is 4.79 Å². The molecule has 2 rings (SSSR count). The van der Waals surface area contributed by atoms with Crippen molar-refractivity contribution in [2.45, 2.75) is 12.8 Å². The molecule has 0 unspecified atom stereocenters. The predicted molar refractivity (Wildman–Crippen MR) is 58.4 cm³/mol. The second-order valence-electron chi connectivity index (χ2n) is 3.71. The molecule has 0 aliphatic heterocycles. The van der Waals surface area contributed by atoms with E-state index in [0.717, 1.165) is 12.8 Å². The van der Waals surface area contributed by atoms with Gasteiger partial charge in [-0.15, -0.1) is 11.3 Å². The Morgan fingerprint density at radius 1 is 1.73 bits per heavy atom. The van der Waals surface area contributed by atoms with Crippen LogP contribution in [0.4, 0.5) is 5.00 Å². The van der Waals surface area contributed by atoms with E-state index in [1.54, 1.807) is 11.4 Å². The first-order chi connectivity index (χ1) is 7.22. The largest absolute Gasteiger partial charge is 0.329 e. The summed E-state index contributed by atoms with van der Waals surface area (Å²) in [7, 11) is 0. The highest BCUT2D eigenvalue weighted by atomic mass is 32.1. The van der Waals surface area contributed by atoms with Crippen LogP contribution in [0.5, 0.6) is 0 Å². The molecule has 0 spiro atoms. The van der Waals surface area contributed by atoms with Crippen LogP contribution in [0.3, 0.4) is 0 Å². The van der Waals surface area contributed by atoms with E-state index in [0.29, 0.717) is 17.1 Å². The first-order valence-electron chi connectivity index (χ1n) is 4.71. The molecule has 15 heavy (non-hydrogen) atoms. The van der Waals surface area contributed by atoms with Crippen molar-refractivity contribution in [3.63, 3.8) is 0 Å². The normalized spacial score (nSPS) is 16.8. The molecule has 1 aliphatic carbocycles. The number of carbonyl (C=O) groups excluding carboxylic acids is 1. The molecule has 5 heteroatoms. The minimum atomic E-state index is -0.364. The van der Waals surface area contributed by atoms with Gasteiger partial charge in [-0.1, -0.05) is 0 Å². The molecule has 1 heterocycles. The third kappa shape index (κ3) is 1.74.